The first-order valence-corrected chi connectivity index (χ1v) is 9.67. The van der Waals surface area contributed by atoms with Crippen molar-refractivity contribution in [3.05, 3.63) is 58.2 Å². The predicted octanol–water partition coefficient (Wildman–Crippen LogP) is 4.16. The van der Waals surface area contributed by atoms with Crippen LogP contribution in [0.3, 0.4) is 0 Å². The lowest BCUT2D eigenvalue weighted by atomic mass is 10.0. The number of amides is 1. The van der Waals surface area contributed by atoms with E-state index in [1.165, 1.54) is 17.5 Å². The minimum atomic E-state index is -0.270. The predicted molar refractivity (Wildman–Crippen MR) is 105 cm³/mol. The highest BCUT2D eigenvalue weighted by molar-refractivity contribution is 7.13. The van der Waals surface area contributed by atoms with E-state index in [9.17, 15) is 4.79 Å². The lowest BCUT2D eigenvalue weighted by molar-refractivity contribution is 0.102. The van der Waals surface area contributed by atoms with E-state index < -0.39 is 0 Å². The molecule has 2 N–H and O–H groups in total. The van der Waals surface area contributed by atoms with Gasteiger partial charge in [-0.1, -0.05) is 29.0 Å². The minimum Gasteiger partial charge on any atom is -0.493 e. The van der Waals surface area contributed by atoms with Crippen molar-refractivity contribution < 1.29 is 9.53 Å². The number of nitrogens with zero attached hydrogens (tertiary/aromatic N) is 3. The Balaban J connectivity index is 1.48. The summed E-state index contributed by atoms with van der Waals surface area (Å²) < 4.78 is 5.79. The number of benzene rings is 1. The second-order valence-electron chi connectivity index (χ2n) is 6.00. The molecule has 1 unspecified atom stereocenters. The number of ether oxygens (including phenoxy) is 1. The van der Waals surface area contributed by atoms with Crippen LogP contribution >= 0.6 is 22.9 Å². The molecule has 0 spiro atoms. The highest BCUT2D eigenvalue weighted by Gasteiger charge is 2.20. The third-order valence-corrected chi connectivity index (χ3v) is 5.02. The van der Waals surface area contributed by atoms with Crippen LogP contribution in [-0.2, 0) is 0 Å². The smallest absolute Gasteiger partial charge is 0.259 e. The van der Waals surface area contributed by atoms with E-state index in [1.807, 2.05) is 18.2 Å². The van der Waals surface area contributed by atoms with E-state index >= 15 is 0 Å². The molecule has 0 radical (unpaired) electrons. The maximum atomic E-state index is 12.2. The Labute approximate surface area is 164 Å². The van der Waals surface area contributed by atoms with Crippen molar-refractivity contribution >= 4 is 39.8 Å². The second kappa shape index (κ2) is 7.89. The maximum absolute atomic E-state index is 12.2. The molecule has 0 fully saturated rings. The average molecular weight is 402 g/mol. The summed E-state index contributed by atoms with van der Waals surface area (Å²) in [5, 5.41) is 14.7. The molecule has 0 saturated carbocycles. The fraction of sp³-hybridized carbons (Fsp3) is 0.222. The molecule has 1 aliphatic rings. The Morgan fingerprint density at radius 1 is 1.30 bits per heavy atom. The molecule has 0 aliphatic carbocycles. The van der Waals surface area contributed by atoms with Crippen LogP contribution in [0.4, 0.5) is 10.9 Å². The molecule has 1 amide bonds. The maximum Gasteiger partial charge on any atom is 0.259 e. The summed E-state index contributed by atoms with van der Waals surface area (Å²) in [6.45, 7) is 0.656. The Bertz CT molecular complexity index is 933. The van der Waals surface area contributed by atoms with Gasteiger partial charge < -0.3 is 10.1 Å². The minimum absolute atomic E-state index is 0.0633. The molecule has 7 nitrogen and oxygen atoms in total. The normalized spacial score (nSPS) is 16.0. The molecule has 2 aromatic heterocycles. The van der Waals surface area contributed by atoms with Gasteiger partial charge in [0.1, 0.15) is 17.1 Å². The topological polar surface area (TPSA) is 89.0 Å². The van der Waals surface area contributed by atoms with E-state index in [1.54, 1.807) is 17.6 Å². The van der Waals surface area contributed by atoms with Gasteiger partial charge in [0.25, 0.3) is 5.91 Å². The van der Waals surface area contributed by atoms with Gasteiger partial charge in [-0.15, -0.1) is 10.2 Å². The van der Waals surface area contributed by atoms with Crippen LogP contribution in [-0.4, -0.2) is 27.7 Å². The van der Waals surface area contributed by atoms with Crippen LogP contribution in [0.1, 0.15) is 34.8 Å². The summed E-state index contributed by atoms with van der Waals surface area (Å²) in [6.07, 6.45) is 3.37. The van der Waals surface area contributed by atoms with Gasteiger partial charge in [0, 0.05) is 16.8 Å². The number of hydrogen-bond acceptors (Lipinski definition) is 7. The number of anilines is 2. The first-order chi connectivity index (χ1) is 13.2. The zero-order valence-electron chi connectivity index (χ0n) is 14.2. The number of carbonyl (C=O) groups is 1. The Hall–Kier alpha value is -2.71. The molecule has 0 bridgehead atoms. The fourth-order valence-electron chi connectivity index (χ4n) is 2.88. The number of hydrogen-bond donors (Lipinski definition) is 2. The van der Waals surface area contributed by atoms with Crippen molar-refractivity contribution in [1.29, 1.82) is 0 Å². The molecule has 3 aromatic rings. The standard InChI is InChI=1S/C18H16ClN5O2S/c19-12-4-5-13-14(2-1-7-26-15(13)8-12)22-16-6-3-11(9-20-16)17(25)23-18-24-21-10-27-18/h3-6,8-10,14H,1-2,7H2,(H,20,22)(H,23,24,25). The summed E-state index contributed by atoms with van der Waals surface area (Å²) in [6, 6.07) is 9.25. The van der Waals surface area contributed by atoms with Crippen LogP contribution in [0.2, 0.25) is 5.02 Å². The lowest BCUT2D eigenvalue weighted by Gasteiger charge is -2.19. The summed E-state index contributed by atoms with van der Waals surface area (Å²) in [4.78, 5) is 16.6. The molecular formula is C18H16ClN5O2S. The SMILES string of the molecule is O=C(Nc1nncs1)c1ccc(NC2CCCOc3cc(Cl)ccc32)nc1. The highest BCUT2D eigenvalue weighted by atomic mass is 35.5. The number of aromatic nitrogens is 3. The van der Waals surface area contributed by atoms with Crippen LogP contribution < -0.4 is 15.4 Å². The summed E-state index contributed by atoms with van der Waals surface area (Å²) in [5.74, 6) is 1.22. The van der Waals surface area contributed by atoms with Crippen LogP contribution in [0.15, 0.2) is 42.0 Å². The molecule has 1 aromatic carbocycles. The number of fused-ring (bicyclic) bond motifs is 1. The molecular weight excluding hydrogens is 386 g/mol. The van der Waals surface area contributed by atoms with Crippen LogP contribution in [0.5, 0.6) is 5.75 Å². The molecule has 0 saturated heterocycles. The van der Waals surface area contributed by atoms with Gasteiger partial charge in [-0.3, -0.25) is 10.1 Å². The van der Waals surface area contributed by atoms with Gasteiger partial charge in [0.15, 0.2) is 0 Å². The number of pyridine rings is 1. The molecule has 4 rings (SSSR count). The zero-order valence-corrected chi connectivity index (χ0v) is 15.8. The number of halogens is 1. The lowest BCUT2D eigenvalue weighted by Crippen LogP contribution is -2.14. The van der Waals surface area contributed by atoms with E-state index in [-0.39, 0.29) is 11.9 Å². The Kier molecular flexibility index (Phi) is 5.17. The van der Waals surface area contributed by atoms with Gasteiger partial charge in [0.2, 0.25) is 5.13 Å². The van der Waals surface area contributed by atoms with Crippen molar-refractivity contribution in [1.82, 2.24) is 15.2 Å². The van der Waals surface area contributed by atoms with Gasteiger partial charge in [-0.2, -0.15) is 0 Å². The second-order valence-corrected chi connectivity index (χ2v) is 7.27. The third kappa shape index (κ3) is 4.17. The monoisotopic (exact) mass is 401 g/mol. The summed E-state index contributed by atoms with van der Waals surface area (Å²) in [7, 11) is 0. The average Bonchev–Trinajstić information content (AvgIpc) is 3.10. The molecule has 3 heterocycles. The van der Waals surface area contributed by atoms with E-state index in [2.05, 4.69) is 25.8 Å². The van der Waals surface area contributed by atoms with Crippen molar-refractivity contribution in [2.75, 3.05) is 17.2 Å². The number of carbonyl (C=O) groups excluding carboxylic acids is 1. The summed E-state index contributed by atoms with van der Waals surface area (Å²) >= 11 is 7.34. The van der Waals surface area contributed by atoms with Crippen molar-refractivity contribution in [2.24, 2.45) is 0 Å². The van der Waals surface area contributed by atoms with Crippen molar-refractivity contribution in [2.45, 2.75) is 18.9 Å². The van der Waals surface area contributed by atoms with E-state index in [0.29, 0.717) is 28.1 Å². The first-order valence-electron chi connectivity index (χ1n) is 8.41. The van der Waals surface area contributed by atoms with Gasteiger partial charge in [-0.25, -0.2) is 4.98 Å². The molecule has 1 aliphatic heterocycles. The third-order valence-electron chi connectivity index (χ3n) is 4.17. The van der Waals surface area contributed by atoms with E-state index in [4.69, 9.17) is 16.3 Å². The Morgan fingerprint density at radius 2 is 2.22 bits per heavy atom. The number of rotatable bonds is 4. The largest absolute Gasteiger partial charge is 0.493 e. The van der Waals surface area contributed by atoms with Crippen molar-refractivity contribution in [3.8, 4) is 5.75 Å². The summed E-state index contributed by atoms with van der Waals surface area (Å²) in [5.41, 5.74) is 3.06. The first kappa shape index (κ1) is 17.7. The fourth-order valence-corrected chi connectivity index (χ4v) is 3.49. The quantitative estimate of drug-likeness (QED) is 0.682. The highest BCUT2D eigenvalue weighted by Crippen LogP contribution is 2.35. The van der Waals surface area contributed by atoms with Gasteiger partial charge >= 0.3 is 0 Å². The van der Waals surface area contributed by atoms with Crippen molar-refractivity contribution in [3.63, 3.8) is 0 Å². The molecule has 138 valence electrons. The van der Waals surface area contributed by atoms with Crippen LogP contribution in [0, 0.1) is 0 Å². The molecule has 1 atom stereocenters. The van der Waals surface area contributed by atoms with Crippen LogP contribution in [0.25, 0.3) is 0 Å². The van der Waals surface area contributed by atoms with Gasteiger partial charge in [-0.05, 0) is 37.1 Å². The zero-order chi connectivity index (χ0) is 18.6. The Morgan fingerprint density at radius 3 is 3.00 bits per heavy atom. The number of nitrogens with one attached hydrogen (secondary N) is 2. The molecule has 27 heavy (non-hydrogen) atoms. The van der Waals surface area contributed by atoms with Gasteiger partial charge in [0.05, 0.1) is 18.2 Å². The molecule has 9 heteroatoms. The van der Waals surface area contributed by atoms with E-state index in [0.717, 1.165) is 24.2 Å².